The van der Waals surface area contributed by atoms with E-state index in [4.69, 9.17) is 5.11 Å². The Hall–Kier alpha value is -0.120. The van der Waals surface area contributed by atoms with E-state index < -0.39 is 0 Å². The Bertz CT molecular complexity index is 175. The van der Waals surface area contributed by atoms with Gasteiger partial charge in [0.2, 0.25) is 0 Å². The molecule has 1 fully saturated rings. The molecule has 1 rings (SSSR count). The maximum Gasteiger partial charge on any atom is 0.0431 e. The van der Waals surface area contributed by atoms with E-state index in [2.05, 4.69) is 23.8 Å². The van der Waals surface area contributed by atoms with Gasteiger partial charge in [-0.05, 0) is 58.8 Å². The summed E-state index contributed by atoms with van der Waals surface area (Å²) in [5.74, 6) is 0. The molecule has 1 aliphatic heterocycles. The standard InChI is InChI=1S/C13H28N2O/c1-3-15-10-7-8-13(15)12-14(2)9-5-4-6-11-16/h13,16H,3-12H2,1-2H3. The predicted molar refractivity (Wildman–Crippen MR) is 68.7 cm³/mol. The van der Waals surface area contributed by atoms with Crippen LogP contribution in [0.15, 0.2) is 0 Å². The molecule has 16 heavy (non-hydrogen) atoms. The van der Waals surface area contributed by atoms with Crippen LogP contribution < -0.4 is 0 Å². The molecular weight excluding hydrogens is 200 g/mol. The van der Waals surface area contributed by atoms with E-state index >= 15 is 0 Å². The molecule has 1 unspecified atom stereocenters. The molecule has 1 N–H and O–H groups in total. The lowest BCUT2D eigenvalue weighted by Gasteiger charge is -2.27. The molecule has 3 nitrogen and oxygen atoms in total. The van der Waals surface area contributed by atoms with Crippen molar-refractivity contribution in [2.75, 3.05) is 39.8 Å². The molecule has 1 aliphatic rings. The molecule has 0 bridgehead atoms. The summed E-state index contributed by atoms with van der Waals surface area (Å²) in [4.78, 5) is 5.06. The largest absolute Gasteiger partial charge is 0.396 e. The number of aliphatic hydroxyl groups excluding tert-OH is 1. The number of unbranched alkanes of at least 4 members (excludes halogenated alkanes) is 2. The summed E-state index contributed by atoms with van der Waals surface area (Å²) in [5, 5.41) is 8.71. The first kappa shape index (κ1) is 13.9. The number of likely N-dealkylation sites (tertiary alicyclic amines) is 1. The number of nitrogens with zero attached hydrogens (tertiary/aromatic N) is 2. The van der Waals surface area contributed by atoms with Crippen LogP contribution in [0, 0.1) is 0 Å². The molecule has 1 heterocycles. The molecule has 0 aliphatic carbocycles. The molecule has 0 aromatic heterocycles. The summed E-state index contributed by atoms with van der Waals surface area (Å²) in [6.07, 6.45) is 6.07. The minimum atomic E-state index is 0.343. The lowest BCUT2D eigenvalue weighted by atomic mass is 10.2. The average molecular weight is 228 g/mol. The van der Waals surface area contributed by atoms with E-state index in [0.717, 1.165) is 18.9 Å². The van der Waals surface area contributed by atoms with E-state index in [9.17, 15) is 0 Å². The fraction of sp³-hybridized carbons (Fsp3) is 1.00. The van der Waals surface area contributed by atoms with Crippen molar-refractivity contribution in [2.45, 2.75) is 45.1 Å². The highest BCUT2D eigenvalue weighted by molar-refractivity contribution is 4.80. The van der Waals surface area contributed by atoms with E-state index in [1.807, 2.05) is 0 Å². The number of likely N-dealkylation sites (N-methyl/N-ethyl adjacent to an activating group) is 2. The summed E-state index contributed by atoms with van der Waals surface area (Å²) in [6, 6.07) is 0.785. The van der Waals surface area contributed by atoms with Crippen molar-refractivity contribution in [3.63, 3.8) is 0 Å². The van der Waals surface area contributed by atoms with E-state index in [-0.39, 0.29) is 0 Å². The first-order valence-electron chi connectivity index (χ1n) is 6.81. The van der Waals surface area contributed by atoms with E-state index in [1.54, 1.807) is 0 Å². The Labute approximate surface area is 100 Å². The van der Waals surface area contributed by atoms with Crippen molar-refractivity contribution >= 4 is 0 Å². The van der Waals surface area contributed by atoms with Gasteiger partial charge in [-0.2, -0.15) is 0 Å². The maximum absolute atomic E-state index is 8.71. The molecule has 0 saturated carbocycles. The summed E-state index contributed by atoms with van der Waals surface area (Å²) in [5.41, 5.74) is 0. The van der Waals surface area contributed by atoms with Crippen LogP contribution in [0.3, 0.4) is 0 Å². The maximum atomic E-state index is 8.71. The smallest absolute Gasteiger partial charge is 0.0431 e. The van der Waals surface area contributed by atoms with Crippen LogP contribution in [-0.2, 0) is 0 Å². The van der Waals surface area contributed by atoms with Crippen molar-refractivity contribution < 1.29 is 5.11 Å². The molecule has 0 aromatic rings. The van der Waals surface area contributed by atoms with Gasteiger partial charge in [-0.25, -0.2) is 0 Å². The highest BCUT2D eigenvalue weighted by Crippen LogP contribution is 2.17. The second-order valence-corrected chi connectivity index (χ2v) is 4.97. The second kappa shape index (κ2) is 8.04. The third-order valence-electron chi connectivity index (χ3n) is 3.63. The summed E-state index contributed by atoms with van der Waals surface area (Å²) in [6.45, 7) is 7.49. The van der Waals surface area contributed by atoms with Crippen molar-refractivity contribution in [1.29, 1.82) is 0 Å². The topological polar surface area (TPSA) is 26.7 Å². The zero-order chi connectivity index (χ0) is 11.8. The SMILES string of the molecule is CCN1CCCC1CN(C)CCCCCO. The number of hydrogen-bond donors (Lipinski definition) is 1. The Morgan fingerprint density at radius 2 is 2.12 bits per heavy atom. The molecule has 1 saturated heterocycles. The Morgan fingerprint density at radius 1 is 1.31 bits per heavy atom. The molecule has 1 atom stereocenters. The van der Waals surface area contributed by atoms with Gasteiger partial charge in [0.1, 0.15) is 0 Å². The van der Waals surface area contributed by atoms with Crippen LogP contribution in [0.4, 0.5) is 0 Å². The van der Waals surface area contributed by atoms with Gasteiger partial charge >= 0.3 is 0 Å². The highest BCUT2D eigenvalue weighted by atomic mass is 16.2. The van der Waals surface area contributed by atoms with Crippen LogP contribution in [0.5, 0.6) is 0 Å². The molecule has 96 valence electrons. The van der Waals surface area contributed by atoms with Gasteiger partial charge in [0.05, 0.1) is 0 Å². The van der Waals surface area contributed by atoms with Gasteiger partial charge in [-0.3, -0.25) is 4.90 Å². The minimum absolute atomic E-state index is 0.343. The number of aliphatic hydroxyl groups is 1. The molecule has 0 amide bonds. The Balaban J connectivity index is 2.10. The van der Waals surface area contributed by atoms with Crippen molar-refractivity contribution in [2.24, 2.45) is 0 Å². The first-order valence-corrected chi connectivity index (χ1v) is 6.81. The molecular formula is C13H28N2O. The van der Waals surface area contributed by atoms with Gasteiger partial charge in [-0.15, -0.1) is 0 Å². The van der Waals surface area contributed by atoms with E-state index in [0.29, 0.717) is 6.61 Å². The van der Waals surface area contributed by atoms with Crippen molar-refractivity contribution in [3.8, 4) is 0 Å². The van der Waals surface area contributed by atoms with Crippen LogP contribution >= 0.6 is 0 Å². The fourth-order valence-electron chi connectivity index (χ4n) is 2.64. The molecule has 3 heteroatoms. The highest BCUT2D eigenvalue weighted by Gasteiger charge is 2.23. The zero-order valence-corrected chi connectivity index (χ0v) is 11.0. The third kappa shape index (κ3) is 4.81. The lowest BCUT2D eigenvalue weighted by Crippen LogP contribution is -2.39. The normalized spacial score (nSPS) is 22.1. The van der Waals surface area contributed by atoms with Crippen LogP contribution in [0.25, 0.3) is 0 Å². The second-order valence-electron chi connectivity index (χ2n) is 4.97. The van der Waals surface area contributed by atoms with Gasteiger partial charge in [-0.1, -0.05) is 6.92 Å². The average Bonchev–Trinajstić information content (AvgIpc) is 2.71. The van der Waals surface area contributed by atoms with E-state index in [1.165, 1.54) is 45.4 Å². The van der Waals surface area contributed by atoms with Crippen LogP contribution in [0.2, 0.25) is 0 Å². The minimum Gasteiger partial charge on any atom is -0.396 e. The monoisotopic (exact) mass is 228 g/mol. The molecule has 0 radical (unpaired) electrons. The third-order valence-corrected chi connectivity index (χ3v) is 3.63. The zero-order valence-electron chi connectivity index (χ0n) is 11.0. The van der Waals surface area contributed by atoms with Crippen molar-refractivity contribution in [1.82, 2.24) is 9.80 Å². The Morgan fingerprint density at radius 3 is 2.81 bits per heavy atom. The lowest BCUT2D eigenvalue weighted by molar-refractivity contribution is 0.195. The number of hydrogen-bond acceptors (Lipinski definition) is 3. The Kier molecular flexibility index (Phi) is 7.01. The van der Waals surface area contributed by atoms with Crippen LogP contribution in [-0.4, -0.2) is 60.8 Å². The molecule has 0 aromatic carbocycles. The fourth-order valence-corrected chi connectivity index (χ4v) is 2.64. The van der Waals surface area contributed by atoms with Gasteiger partial charge < -0.3 is 10.0 Å². The van der Waals surface area contributed by atoms with Gasteiger partial charge in [0.25, 0.3) is 0 Å². The summed E-state index contributed by atoms with van der Waals surface area (Å²) >= 11 is 0. The number of rotatable bonds is 8. The van der Waals surface area contributed by atoms with Gasteiger partial charge in [0, 0.05) is 19.2 Å². The van der Waals surface area contributed by atoms with Gasteiger partial charge in [0.15, 0.2) is 0 Å². The van der Waals surface area contributed by atoms with Crippen molar-refractivity contribution in [3.05, 3.63) is 0 Å². The first-order chi connectivity index (χ1) is 7.77. The van der Waals surface area contributed by atoms with Crippen LogP contribution in [0.1, 0.15) is 39.0 Å². The predicted octanol–water partition coefficient (Wildman–Crippen LogP) is 1.57. The quantitative estimate of drug-likeness (QED) is 0.639. The molecule has 0 spiro atoms. The summed E-state index contributed by atoms with van der Waals surface area (Å²) in [7, 11) is 2.23. The summed E-state index contributed by atoms with van der Waals surface area (Å²) < 4.78 is 0.